The number of morpholine rings is 1. The van der Waals surface area contributed by atoms with Crippen LogP contribution in [0, 0.1) is 17.2 Å². The zero-order valence-electron chi connectivity index (χ0n) is 9.69. The summed E-state index contributed by atoms with van der Waals surface area (Å²) in [5, 5.41) is 19.7. The summed E-state index contributed by atoms with van der Waals surface area (Å²) in [6.07, 6.45) is 1.42. The van der Waals surface area contributed by atoms with Crippen molar-refractivity contribution in [2.24, 2.45) is 5.92 Å². The van der Waals surface area contributed by atoms with Gasteiger partial charge in [-0.05, 0) is 5.92 Å². The molecule has 0 atom stereocenters. The third-order valence-electron chi connectivity index (χ3n) is 1.70. The summed E-state index contributed by atoms with van der Waals surface area (Å²) in [4.78, 5) is 10.2. The third-order valence-corrected chi connectivity index (χ3v) is 1.70. The number of carbonyl (C=O) groups is 1. The van der Waals surface area contributed by atoms with Crippen LogP contribution in [0.5, 0.6) is 0 Å². The van der Waals surface area contributed by atoms with Gasteiger partial charge >= 0.3 is 5.97 Å². The Bertz CT molecular complexity index is 264. The van der Waals surface area contributed by atoms with Gasteiger partial charge in [0.05, 0.1) is 13.2 Å². The Balaban J connectivity index is 0.000000315. The first kappa shape index (κ1) is 14.6. The molecule has 1 heterocycles. The lowest BCUT2D eigenvalue weighted by molar-refractivity contribution is -0.132. The number of carboxylic acid groups (broad SMARTS) is 1. The van der Waals surface area contributed by atoms with Gasteiger partial charge in [-0.1, -0.05) is 19.9 Å². The maximum Gasteiger partial charge on any atom is 0.346 e. The SMILES string of the molecule is C1COCCN1.CC(C)C=C(C#N)C(=O)O. The van der Waals surface area contributed by atoms with Crippen LogP contribution in [0.4, 0.5) is 0 Å². The van der Waals surface area contributed by atoms with Crippen LogP contribution in [0.25, 0.3) is 0 Å². The van der Waals surface area contributed by atoms with E-state index in [-0.39, 0.29) is 11.5 Å². The summed E-state index contributed by atoms with van der Waals surface area (Å²) in [7, 11) is 0. The minimum atomic E-state index is -1.16. The highest BCUT2D eigenvalue weighted by Gasteiger charge is 2.04. The molecule has 0 spiro atoms. The standard InChI is InChI=1S/C7H9NO2.C4H9NO/c1-5(2)3-6(4-8)7(9)10;1-3-6-4-2-5-1/h3,5H,1-2H3,(H,9,10);5H,1-4H2. The van der Waals surface area contributed by atoms with Crippen molar-refractivity contribution in [3.05, 3.63) is 11.6 Å². The van der Waals surface area contributed by atoms with Gasteiger partial charge in [-0.3, -0.25) is 0 Å². The zero-order chi connectivity index (χ0) is 12.4. The summed E-state index contributed by atoms with van der Waals surface area (Å²) >= 11 is 0. The Morgan fingerprint density at radius 2 is 2.06 bits per heavy atom. The van der Waals surface area contributed by atoms with Crippen molar-refractivity contribution >= 4 is 5.97 Å². The minimum Gasteiger partial charge on any atom is -0.477 e. The van der Waals surface area contributed by atoms with E-state index in [0.717, 1.165) is 26.3 Å². The van der Waals surface area contributed by atoms with Gasteiger partial charge < -0.3 is 15.2 Å². The number of allylic oxidation sites excluding steroid dienone is 1. The van der Waals surface area contributed by atoms with Crippen molar-refractivity contribution < 1.29 is 14.6 Å². The van der Waals surface area contributed by atoms with Crippen LogP contribution in [0.3, 0.4) is 0 Å². The first-order valence-corrected chi connectivity index (χ1v) is 5.21. The number of nitrogens with one attached hydrogen (secondary N) is 1. The fraction of sp³-hybridized carbons (Fsp3) is 0.636. The van der Waals surface area contributed by atoms with Crippen LogP contribution < -0.4 is 5.32 Å². The number of aliphatic carboxylic acids is 1. The van der Waals surface area contributed by atoms with E-state index in [1.807, 2.05) is 13.8 Å². The van der Waals surface area contributed by atoms with E-state index in [0.29, 0.717) is 0 Å². The lowest BCUT2D eigenvalue weighted by Gasteiger charge is -2.10. The maximum atomic E-state index is 10.2. The third kappa shape index (κ3) is 7.97. The lowest BCUT2D eigenvalue weighted by Crippen LogP contribution is -2.30. The predicted octanol–water partition coefficient (Wildman–Crippen LogP) is 0.783. The van der Waals surface area contributed by atoms with Crippen LogP contribution in [0.2, 0.25) is 0 Å². The van der Waals surface area contributed by atoms with E-state index in [4.69, 9.17) is 15.1 Å². The largest absolute Gasteiger partial charge is 0.477 e. The van der Waals surface area contributed by atoms with Gasteiger partial charge in [0.1, 0.15) is 11.6 Å². The fourth-order valence-corrected chi connectivity index (χ4v) is 1.01. The molecule has 90 valence electrons. The molecule has 0 radical (unpaired) electrons. The molecule has 0 amide bonds. The van der Waals surface area contributed by atoms with E-state index in [1.165, 1.54) is 6.08 Å². The van der Waals surface area contributed by atoms with Gasteiger partial charge in [0.2, 0.25) is 0 Å². The molecule has 1 aliphatic rings. The summed E-state index contributed by atoms with van der Waals surface area (Å²) in [5.41, 5.74) is -0.185. The molecule has 0 aromatic carbocycles. The zero-order valence-corrected chi connectivity index (χ0v) is 9.69. The quantitative estimate of drug-likeness (QED) is 0.537. The Hall–Kier alpha value is -1.38. The minimum absolute atomic E-state index is 0.103. The molecule has 1 saturated heterocycles. The first-order chi connectivity index (χ1) is 7.57. The molecule has 0 aliphatic carbocycles. The van der Waals surface area contributed by atoms with Gasteiger partial charge in [-0.2, -0.15) is 5.26 Å². The van der Waals surface area contributed by atoms with Crippen molar-refractivity contribution in [3.8, 4) is 6.07 Å². The smallest absolute Gasteiger partial charge is 0.346 e. The van der Waals surface area contributed by atoms with E-state index in [2.05, 4.69) is 5.32 Å². The lowest BCUT2D eigenvalue weighted by atomic mass is 10.1. The first-order valence-electron chi connectivity index (χ1n) is 5.21. The molecule has 0 unspecified atom stereocenters. The van der Waals surface area contributed by atoms with Gasteiger partial charge in [0.15, 0.2) is 0 Å². The van der Waals surface area contributed by atoms with E-state index in [1.54, 1.807) is 6.07 Å². The summed E-state index contributed by atoms with van der Waals surface area (Å²) in [6.45, 7) is 7.47. The summed E-state index contributed by atoms with van der Waals surface area (Å²) in [5.74, 6) is -1.05. The van der Waals surface area contributed by atoms with Crippen LogP contribution in [0.15, 0.2) is 11.6 Å². The van der Waals surface area contributed by atoms with Crippen molar-refractivity contribution in [2.45, 2.75) is 13.8 Å². The second kappa shape index (κ2) is 8.89. The molecule has 0 aromatic heterocycles. The number of hydrogen-bond donors (Lipinski definition) is 2. The van der Waals surface area contributed by atoms with Crippen molar-refractivity contribution in [1.82, 2.24) is 5.32 Å². The van der Waals surface area contributed by atoms with Crippen molar-refractivity contribution in [1.29, 1.82) is 5.26 Å². The van der Waals surface area contributed by atoms with Crippen LogP contribution >= 0.6 is 0 Å². The molecule has 1 fully saturated rings. The molecule has 0 aromatic rings. The maximum absolute atomic E-state index is 10.2. The Morgan fingerprint density at radius 1 is 1.50 bits per heavy atom. The van der Waals surface area contributed by atoms with Gasteiger partial charge in [-0.15, -0.1) is 0 Å². The average Bonchev–Trinajstić information content (AvgIpc) is 2.28. The molecule has 0 bridgehead atoms. The molecule has 5 nitrogen and oxygen atoms in total. The summed E-state index contributed by atoms with van der Waals surface area (Å²) in [6, 6.07) is 1.59. The number of carboxylic acids is 1. The number of nitrogens with zero attached hydrogens (tertiary/aromatic N) is 1. The molecule has 16 heavy (non-hydrogen) atoms. The highest BCUT2D eigenvalue weighted by atomic mass is 16.5. The van der Waals surface area contributed by atoms with Crippen molar-refractivity contribution in [2.75, 3.05) is 26.3 Å². The van der Waals surface area contributed by atoms with E-state index >= 15 is 0 Å². The monoisotopic (exact) mass is 226 g/mol. The fourth-order valence-electron chi connectivity index (χ4n) is 1.01. The highest BCUT2D eigenvalue weighted by molar-refractivity contribution is 5.90. The molecule has 5 heteroatoms. The predicted molar refractivity (Wildman–Crippen MR) is 59.9 cm³/mol. The molecular weight excluding hydrogens is 208 g/mol. The number of rotatable bonds is 2. The molecular formula is C11H18N2O3. The highest BCUT2D eigenvalue weighted by Crippen LogP contribution is 2.00. The summed E-state index contributed by atoms with van der Waals surface area (Å²) < 4.78 is 5.01. The Morgan fingerprint density at radius 3 is 2.19 bits per heavy atom. The number of hydrogen-bond acceptors (Lipinski definition) is 4. The second-order valence-corrected chi connectivity index (χ2v) is 3.60. The molecule has 0 saturated carbocycles. The molecule has 1 rings (SSSR count). The topological polar surface area (TPSA) is 82.3 Å². The number of nitriles is 1. The van der Waals surface area contributed by atoms with Crippen molar-refractivity contribution in [3.63, 3.8) is 0 Å². The molecule has 1 aliphatic heterocycles. The van der Waals surface area contributed by atoms with Gasteiger partial charge in [0.25, 0.3) is 0 Å². The molecule has 2 N–H and O–H groups in total. The van der Waals surface area contributed by atoms with Gasteiger partial charge in [-0.25, -0.2) is 4.79 Å². The average molecular weight is 226 g/mol. The van der Waals surface area contributed by atoms with E-state index in [9.17, 15) is 4.79 Å². The Labute approximate surface area is 95.7 Å². The van der Waals surface area contributed by atoms with Crippen LogP contribution in [-0.4, -0.2) is 37.4 Å². The van der Waals surface area contributed by atoms with Crippen LogP contribution in [0.1, 0.15) is 13.8 Å². The van der Waals surface area contributed by atoms with Crippen LogP contribution in [-0.2, 0) is 9.53 Å². The van der Waals surface area contributed by atoms with Gasteiger partial charge in [0, 0.05) is 13.1 Å². The number of ether oxygens (including phenoxy) is 1. The second-order valence-electron chi connectivity index (χ2n) is 3.60. The normalized spacial score (nSPS) is 16.0. The Kier molecular flexibility index (Phi) is 8.12. The van der Waals surface area contributed by atoms with E-state index < -0.39 is 5.97 Å².